The molecule has 4 aromatic rings. The molecule has 0 aliphatic heterocycles. The van der Waals surface area contributed by atoms with Crippen molar-refractivity contribution in [1.29, 1.82) is 0 Å². The van der Waals surface area contributed by atoms with Crippen molar-refractivity contribution < 1.29 is 4.79 Å². The summed E-state index contributed by atoms with van der Waals surface area (Å²) in [6, 6.07) is 25.3. The summed E-state index contributed by atoms with van der Waals surface area (Å²) in [5.74, 6) is 0.491. The van der Waals surface area contributed by atoms with E-state index < -0.39 is 0 Å². The molecular weight excluding hydrogens is 470 g/mol. The predicted molar refractivity (Wildman–Crippen MR) is 145 cm³/mol. The Hall–Kier alpha value is -3.45. The molecule has 1 heterocycles. The van der Waals surface area contributed by atoms with Gasteiger partial charge in [0.2, 0.25) is 0 Å². The fourth-order valence-electron chi connectivity index (χ4n) is 4.39. The molecule has 1 unspecified atom stereocenters. The van der Waals surface area contributed by atoms with Crippen molar-refractivity contribution in [2.75, 3.05) is 11.9 Å². The maximum Gasteiger partial charge on any atom is 0.274 e. The molecule has 0 spiro atoms. The molecule has 1 fully saturated rings. The number of nitrogens with one attached hydrogen (secondary N) is 2. The van der Waals surface area contributed by atoms with Crippen LogP contribution in [-0.4, -0.2) is 22.2 Å². The third-order valence-electron chi connectivity index (χ3n) is 6.46. The molecule has 1 saturated carbocycles. The largest absolute Gasteiger partial charge is 0.326 e. The molecule has 1 aliphatic carbocycles. The molecular formula is C29H30ClN5O. The molecule has 0 bridgehead atoms. The minimum Gasteiger partial charge on any atom is -0.326 e. The average molecular weight is 500 g/mol. The number of rotatable bonds is 9. The number of hydrogen-bond donors (Lipinski definition) is 3. The minimum atomic E-state index is -0.230. The van der Waals surface area contributed by atoms with E-state index in [1.807, 2.05) is 67.6 Å². The third kappa shape index (κ3) is 5.51. The van der Waals surface area contributed by atoms with Gasteiger partial charge in [-0.25, -0.2) is 4.68 Å². The van der Waals surface area contributed by atoms with Crippen LogP contribution in [0.5, 0.6) is 0 Å². The Morgan fingerprint density at radius 1 is 1.08 bits per heavy atom. The van der Waals surface area contributed by atoms with Crippen molar-refractivity contribution in [3.63, 3.8) is 0 Å². The van der Waals surface area contributed by atoms with E-state index in [1.165, 1.54) is 12.8 Å². The lowest BCUT2D eigenvalue weighted by Gasteiger charge is -2.22. The SMILES string of the molecule is Cc1cc(C(=O)Nc2cccc(C(NCC3CC3)c3ccccc3Cl)c2)n(-c2cccc(CN)c2)n1. The molecule has 184 valence electrons. The molecule has 1 atom stereocenters. The van der Waals surface area contributed by atoms with Gasteiger partial charge in [0.1, 0.15) is 5.69 Å². The van der Waals surface area contributed by atoms with Crippen LogP contribution < -0.4 is 16.4 Å². The highest BCUT2D eigenvalue weighted by molar-refractivity contribution is 6.31. The number of carbonyl (C=O) groups is 1. The van der Waals surface area contributed by atoms with Gasteiger partial charge in [0.05, 0.1) is 17.4 Å². The first-order valence-electron chi connectivity index (χ1n) is 12.3. The zero-order valence-corrected chi connectivity index (χ0v) is 21.0. The molecule has 6 nitrogen and oxygen atoms in total. The van der Waals surface area contributed by atoms with Gasteiger partial charge in [0.15, 0.2) is 0 Å². The molecule has 1 amide bonds. The second-order valence-corrected chi connectivity index (χ2v) is 9.75. The lowest BCUT2D eigenvalue weighted by Crippen LogP contribution is -2.25. The van der Waals surface area contributed by atoms with Gasteiger partial charge in [0.25, 0.3) is 5.91 Å². The van der Waals surface area contributed by atoms with Gasteiger partial charge in [-0.3, -0.25) is 4.79 Å². The monoisotopic (exact) mass is 499 g/mol. The molecule has 7 heteroatoms. The molecule has 4 N–H and O–H groups in total. The highest BCUT2D eigenvalue weighted by atomic mass is 35.5. The molecule has 0 radical (unpaired) electrons. The van der Waals surface area contributed by atoms with Crippen molar-refractivity contribution in [2.45, 2.75) is 32.4 Å². The van der Waals surface area contributed by atoms with Crippen LogP contribution >= 0.6 is 11.6 Å². The summed E-state index contributed by atoms with van der Waals surface area (Å²) < 4.78 is 1.66. The van der Waals surface area contributed by atoms with Crippen LogP contribution in [0.15, 0.2) is 78.9 Å². The summed E-state index contributed by atoms with van der Waals surface area (Å²) >= 11 is 6.58. The topological polar surface area (TPSA) is 85.0 Å². The van der Waals surface area contributed by atoms with Crippen molar-refractivity contribution in [3.05, 3.63) is 112 Å². The zero-order valence-electron chi connectivity index (χ0n) is 20.2. The predicted octanol–water partition coefficient (Wildman–Crippen LogP) is 5.63. The van der Waals surface area contributed by atoms with E-state index in [1.54, 1.807) is 10.7 Å². The minimum absolute atomic E-state index is 0.0667. The smallest absolute Gasteiger partial charge is 0.274 e. The van der Waals surface area contributed by atoms with Gasteiger partial charge < -0.3 is 16.4 Å². The van der Waals surface area contributed by atoms with Gasteiger partial charge in [-0.05, 0) is 85.3 Å². The van der Waals surface area contributed by atoms with Gasteiger partial charge >= 0.3 is 0 Å². The average Bonchev–Trinajstić information content (AvgIpc) is 3.64. The Labute approximate surface area is 216 Å². The van der Waals surface area contributed by atoms with Gasteiger partial charge in [-0.2, -0.15) is 5.10 Å². The van der Waals surface area contributed by atoms with Crippen LogP contribution in [0.3, 0.4) is 0 Å². The van der Waals surface area contributed by atoms with Crippen LogP contribution in [0.2, 0.25) is 5.02 Å². The summed E-state index contributed by atoms with van der Waals surface area (Å²) in [4.78, 5) is 13.4. The highest BCUT2D eigenvalue weighted by Gasteiger charge is 2.24. The van der Waals surface area contributed by atoms with Gasteiger partial charge in [0, 0.05) is 17.3 Å². The van der Waals surface area contributed by atoms with Crippen molar-refractivity contribution in [2.24, 2.45) is 11.7 Å². The second kappa shape index (κ2) is 10.7. The third-order valence-corrected chi connectivity index (χ3v) is 6.80. The van der Waals surface area contributed by atoms with Gasteiger partial charge in [-0.1, -0.05) is 54.1 Å². The summed E-state index contributed by atoms with van der Waals surface area (Å²) in [5.41, 5.74) is 11.6. The lowest BCUT2D eigenvalue weighted by molar-refractivity contribution is 0.101. The molecule has 3 aromatic carbocycles. The Bertz CT molecular complexity index is 1380. The van der Waals surface area contributed by atoms with Crippen molar-refractivity contribution >= 4 is 23.2 Å². The number of anilines is 1. The number of nitrogens with two attached hydrogens (primary N) is 1. The number of amides is 1. The summed E-state index contributed by atoms with van der Waals surface area (Å²) in [6.45, 7) is 3.23. The zero-order chi connectivity index (χ0) is 25.1. The summed E-state index contributed by atoms with van der Waals surface area (Å²) in [6.07, 6.45) is 2.53. The van der Waals surface area contributed by atoms with Crippen LogP contribution in [0, 0.1) is 12.8 Å². The molecule has 1 aromatic heterocycles. The maximum atomic E-state index is 13.4. The first kappa shape index (κ1) is 24.3. The number of carbonyl (C=O) groups excluding carboxylic acids is 1. The molecule has 0 saturated heterocycles. The Balaban J connectivity index is 1.42. The number of aryl methyl sites for hydroxylation is 1. The van der Waals surface area contributed by atoms with E-state index in [9.17, 15) is 4.79 Å². The Morgan fingerprint density at radius 2 is 1.89 bits per heavy atom. The van der Waals surface area contributed by atoms with E-state index in [0.29, 0.717) is 17.9 Å². The number of nitrogens with zero attached hydrogens (tertiary/aromatic N) is 2. The van der Waals surface area contributed by atoms with E-state index in [4.69, 9.17) is 17.3 Å². The van der Waals surface area contributed by atoms with E-state index in [2.05, 4.69) is 27.9 Å². The quantitative estimate of drug-likeness (QED) is 0.278. The van der Waals surface area contributed by atoms with Gasteiger partial charge in [-0.15, -0.1) is 0 Å². The highest BCUT2D eigenvalue weighted by Crippen LogP contribution is 2.33. The van der Waals surface area contributed by atoms with Crippen molar-refractivity contribution in [1.82, 2.24) is 15.1 Å². The summed E-state index contributed by atoms with van der Waals surface area (Å²) in [7, 11) is 0. The van der Waals surface area contributed by atoms with Crippen LogP contribution in [0.25, 0.3) is 5.69 Å². The van der Waals surface area contributed by atoms with Crippen LogP contribution in [-0.2, 0) is 6.54 Å². The maximum absolute atomic E-state index is 13.4. The molecule has 36 heavy (non-hydrogen) atoms. The Kier molecular flexibility index (Phi) is 7.18. The lowest BCUT2D eigenvalue weighted by atomic mass is 9.97. The van der Waals surface area contributed by atoms with Crippen LogP contribution in [0.4, 0.5) is 5.69 Å². The molecule has 1 aliphatic rings. The first-order chi connectivity index (χ1) is 17.5. The standard InChI is InChI=1S/C29H30ClN5O/c1-19-14-27(35(34-19)24-9-4-6-21(15-24)17-31)29(36)33-23-8-5-7-22(16-23)28(32-18-20-12-13-20)25-10-2-3-11-26(25)30/h2-11,14-16,20,28,32H,12-13,17-18,31H2,1H3,(H,33,36). The number of halogens is 1. The van der Waals surface area contributed by atoms with E-state index in [0.717, 1.165) is 45.6 Å². The van der Waals surface area contributed by atoms with Crippen molar-refractivity contribution in [3.8, 4) is 5.69 Å². The number of benzene rings is 3. The molecule has 5 rings (SSSR count). The second-order valence-electron chi connectivity index (χ2n) is 9.34. The first-order valence-corrected chi connectivity index (χ1v) is 12.6. The van der Waals surface area contributed by atoms with Crippen LogP contribution in [0.1, 0.15) is 51.8 Å². The summed E-state index contributed by atoms with van der Waals surface area (Å²) in [5, 5.41) is 12.0. The fraction of sp³-hybridized carbons (Fsp3) is 0.241. The Morgan fingerprint density at radius 3 is 2.67 bits per heavy atom. The van der Waals surface area contributed by atoms with E-state index in [-0.39, 0.29) is 11.9 Å². The number of hydrogen-bond acceptors (Lipinski definition) is 4. The normalized spacial score (nSPS) is 14.0. The van der Waals surface area contributed by atoms with E-state index >= 15 is 0 Å². The number of aromatic nitrogens is 2. The fourth-order valence-corrected chi connectivity index (χ4v) is 4.63.